The first-order chi connectivity index (χ1) is 9.24. The number of carbonyl (C=O) groups excluding carboxylic acids is 1. The van der Waals surface area contributed by atoms with E-state index in [0.717, 1.165) is 37.8 Å². The summed E-state index contributed by atoms with van der Waals surface area (Å²) in [4.78, 5) is 12.0. The fourth-order valence-electron chi connectivity index (χ4n) is 4.00. The summed E-state index contributed by atoms with van der Waals surface area (Å²) in [7, 11) is 0. The molecule has 4 atom stereocenters. The van der Waals surface area contributed by atoms with Gasteiger partial charge in [-0.25, -0.2) is 0 Å². The zero-order chi connectivity index (χ0) is 13.2. The highest BCUT2D eigenvalue weighted by Crippen LogP contribution is 2.41. The third kappa shape index (κ3) is 3.29. The molecule has 108 valence electrons. The highest BCUT2D eigenvalue weighted by Gasteiger charge is 2.44. The summed E-state index contributed by atoms with van der Waals surface area (Å²) in [5, 5.41) is 6.64. The molecule has 1 amide bonds. The Balaban J connectivity index is 1.39. The second-order valence-corrected chi connectivity index (χ2v) is 6.72. The lowest BCUT2D eigenvalue weighted by molar-refractivity contribution is -0.122. The zero-order valence-corrected chi connectivity index (χ0v) is 11.7. The number of amides is 1. The van der Waals surface area contributed by atoms with Crippen LogP contribution >= 0.6 is 0 Å². The normalized spacial score (nSPS) is 39.2. The Hall–Kier alpha value is -0.610. The quantitative estimate of drug-likeness (QED) is 0.710. The average molecular weight is 265 g/mol. The highest BCUT2D eigenvalue weighted by molar-refractivity contribution is 5.77. The Bertz CT molecular complexity index is 327. The summed E-state index contributed by atoms with van der Waals surface area (Å²) in [5.74, 6) is 2.25. The number of nitrogens with one attached hydrogen (secondary N) is 2. The molecule has 0 aromatic rings. The molecule has 0 aromatic heterocycles. The van der Waals surface area contributed by atoms with E-state index >= 15 is 0 Å². The number of rotatable bonds is 4. The van der Waals surface area contributed by atoms with Gasteiger partial charge in [0, 0.05) is 18.5 Å². The second kappa shape index (κ2) is 5.80. The Labute approximate surface area is 115 Å². The standard InChI is InChI=1S/C15H27N3O/c16-13-3-1-2-11(13)8-15(19)18-14-9-12(14)10-4-6-17-7-5-10/h10-14,17H,1-9,16H2,(H,18,19)/t11-,12-,13+,14+/m0/s1. The van der Waals surface area contributed by atoms with E-state index in [1.165, 1.54) is 25.7 Å². The van der Waals surface area contributed by atoms with Crippen LogP contribution in [0.5, 0.6) is 0 Å². The Morgan fingerprint density at radius 3 is 2.68 bits per heavy atom. The van der Waals surface area contributed by atoms with Crippen LogP contribution in [-0.4, -0.2) is 31.1 Å². The smallest absolute Gasteiger partial charge is 0.220 e. The van der Waals surface area contributed by atoms with Crippen LogP contribution in [0.15, 0.2) is 0 Å². The molecule has 4 heteroatoms. The van der Waals surface area contributed by atoms with Crippen LogP contribution in [0.1, 0.15) is 44.9 Å². The van der Waals surface area contributed by atoms with Crippen molar-refractivity contribution in [3.05, 3.63) is 0 Å². The highest BCUT2D eigenvalue weighted by atomic mass is 16.1. The maximum absolute atomic E-state index is 12.0. The number of nitrogens with two attached hydrogens (primary N) is 1. The second-order valence-electron chi connectivity index (χ2n) is 6.72. The van der Waals surface area contributed by atoms with E-state index in [2.05, 4.69) is 10.6 Å². The van der Waals surface area contributed by atoms with Crippen molar-refractivity contribution in [2.75, 3.05) is 13.1 Å². The molecule has 1 saturated heterocycles. The molecule has 2 aliphatic carbocycles. The Morgan fingerprint density at radius 2 is 2.00 bits per heavy atom. The number of piperidine rings is 1. The SMILES string of the molecule is N[C@@H]1CCC[C@H]1CC(=O)N[C@@H]1C[C@H]1C1CCNCC1. The van der Waals surface area contributed by atoms with Gasteiger partial charge in [0.05, 0.1) is 0 Å². The number of carbonyl (C=O) groups is 1. The van der Waals surface area contributed by atoms with E-state index < -0.39 is 0 Å². The molecule has 3 aliphatic rings. The van der Waals surface area contributed by atoms with Gasteiger partial charge >= 0.3 is 0 Å². The lowest BCUT2D eigenvalue weighted by atomic mass is 9.93. The fourth-order valence-corrected chi connectivity index (χ4v) is 4.00. The average Bonchev–Trinajstić information content (AvgIpc) is 3.06. The van der Waals surface area contributed by atoms with Crippen LogP contribution in [0, 0.1) is 17.8 Å². The molecular weight excluding hydrogens is 238 g/mol. The third-order valence-corrected chi connectivity index (χ3v) is 5.34. The van der Waals surface area contributed by atoms with Crippen LogP contribution in [0.4, 0.5) is 0 Å². The first-order valence-corrected chi connectivity index (χ1v) is 7.99. The summed E-state index contributed by atoms with van der Waals surface area (Å²) in [5.41, 5.74) is 6.03. The van der Waals surface area contributed by atoms with E-state index in [1.54, 1.807) is 0 Å². The van der Waals surface area contributed by atoms with Gasteiger partial charge in [0.2, 0.25) is 5.91 Å². The van der Waals surface area contributed by atoms with Gasteiger partial charge in [0.1, 0.15) is 0 Å². The monoisotopic (exact) mass is 265 g/mol. The summed E-state index contributed by atoms with van der Waals surface area (Å²) >= 11 is 0. The van der Waals surface area contributed by atoms with Gasteiger partial charge in [-0.3, -0.25) is 4.79 Å². The lowest BCUT2D eigenvalue weighted by Gasteiger charge is -2.23. The maximum Gasteiger partial charge on any atom is 0.220 e. The van der Waals surface area contributed by atoms with Gasteiger partial charge in [0.15, 0.2) is 0 Å². The van der Waals surface area contributed by atoms with Crippen molar-refractivity contribution in [3.63, 3.8) is 0 Å². The van der Waals surface area contributed by atoms with Crippen molar-refractivity contribution in [1.29, 1.82) is 0 Å². The molecule has 3 fully saturated rings. The van der Waals surface area contributed by atoms with Crippen LogP contribution in [0.2, 0.25) is 0 Å². The zero-order valence-electron chi connectivity index (χ0n) is 11.7. The minimum Gasteiger partial charge on any atom is -0.353 e. The van der Waals surface area contributed by atoms with E-state index in [0.29, 0.717) is 18.4 Å². The molecule has 0 bridgehead atoms. The third-order valence-electron chi connectivity index (χ3n) is 5.34. The summed E-state index contributed by atoms with van der Waals surface area (Å²) < 4.78 is 0. The minimum absolute atomic E-state index is 0.240. The van der Waals surface area contributed by atoms with Crippen molar-refractivity contribution >= 4 is 5.91 Å². The molecule has 0 unspecified atom stereocenters. The number of hydrogen-bond acceptors (Lipinski definition) is 3. The minimum atomic E-state index is 0.240. The first kappa shape index (κ1) is 13.4. The van der Waals surface area contributed by atoms with Crippen molar-refractivity contribution in [1.82, 2.24) is 10.6 Å². The van der Waals surface area contributed by atoms with Gasteiger partial charge in [-0.15, -0.1) is 0 Å². The summed E-state index contributed by atoms with van der Waals surface area (Å²) in [6.45, 7) is 2.30. The summed E-state index contributed by atoms with van der Waals surface area (Å²) in [6.07, 6.45) is 7.84. The predicted octanol–water partition coefficient (Wildman–Crippen LogP) is 1.01. The van der Waals surface area contributed by atoms with E-state index in [9.17, 15) is 4.79 Å². The molecule has 19 heavy (non-hydrogen) atoms. The molecule has 0 aromatic carbocycles. The topological polar surface area (TPSA) is 67.2 Å². The van der Waals surface area contributed by atoms with Crippen molar-refractivity contribution in [2.45, 2.75) is 57.0 Å². The van der Waals surface area contributed by atoms with Gasteiger partial charge < -0.3 is 16.4 Å². The molecule has 0 spiro atoms. The molecule has 1 aliphatic heterocycles. The van der Waals surface area contributed by atoms with Crippen molar-refractivity contribution < 1.29 is 4.79 Å². The number of hydrogen-bond donors (Lipinski definition) is 3. The largest absolute Gasteiger partial charge is 0.353 e. The molecule has 3 rings (SSSR count). The van der Waals surface area contributed by atoms with Gasteiger partial charge in [-0.05, 0) is 62.9 Å². The molecule has 4 nitrogen and oxygen atoms in total. The molecule has 1 heterocycles. The van der Waals surface area contributed by atoms with Gasteiger partial charge in [-0.1, -0.05) is 6.42 Å². The molecule has 4 N–H and O–H groups in total. The van der Waals surface area contributed by atoms with E-state index in [1.807, 2.05) is 0 Å². The van der Waals surface area contributed by atoms with Crippen LogP contribution in [-0.2, 0) is 4.79 Å². The Morgan fingerprint density at radius 1 is 1.21 bits per heavy atom. The summed E-state index contributed by atoms with van der Waals surface area (Å²) in [6, 6.07) is 0.721. The molecular formula is C15H27N3O. The van der Waals surface area contributed by atoms with Crippen LogP contribution in [0.3, 0.4) is 0 Å². The van der Waals surface area contributed by atoms with Crippen molar-refractivity contribution in [2.24, 2.45) is 23.5 Å². The van der Waals surface area contributed by atoms with Crippen molar-refractivity contribution in [3.8, 4) is 0 Å². The van der Waals surface area contributed by atoms with E-state index in [-0.39, 0.29) is 11.9 Å². The van der Waals surface area contributed by atoms with Crippen LogP contribution in [0.25, 0.3) is 0 Å². The first-order valence-electron chi connectivity index (χ1n) is 7.99. The predicted molar refractivity (Wildman–Crippen MR) is 75.6 cm³/mol. The van der Waals surface area contributed by atoms with Crippen LogP contribution < -0.4 is 16.4 Å². The van der Waals surface area contributed by atoms with E-state index in [4.69, 9.17) is 5.73 Å². The fraction of sp³-hybridized carbons (Fsp3) is 0.933. The molecule has 0 radical (unpaired) electrons. The van der Waals surface area contributed by atoms with Gasteiger partial charge in [0.25, 0.3) is 0 Å². The Kier molecular flexibility index (Phi) is 4.08. The molecule has 2 saturated carbocycles. The van der Waals surface area contributed by atoms with Gasteiger partial charge in [-0.2, -0.15) is 0 Å². The lowest BCUT2D eigenvalue weighted by Crippen LogP contribution is -2.35. The maximum atomic E-state index is 12.0.